The molecule has 0 aromatic rings. The molecular weight excluding hydrogens is 344 g/mol. The minimum absolute atomic E-state index is 0. The summed E-state index contributed by atoms with van der Waals surface area (Å²) in [5, 5.41) is 0. The molecule has 0 spiro atoms. The van der Waals surface area contributed by atoms with E-state index in [1.165, 1.54) is 0 Å². The normalized spacial score (nSPS) is 7.88. The molecule has 0 fully saturated rings. The molecule has 0 aromatic carbocycles. The van der Waals surface area contributed by atoms with Gasteiger partial charge in [0.1, 0.15) is 0 Å². The van der Waals surface area contributed by atoms with Gasteiger partial charge in [-0.3, -0.25) is 0 Å². The first-order valence-electron chi connectivity index (χ1n) is 0.987. The molecule has 0 aliphatic heterocycles. The fourth-order valence-electron chi connectivity index (χ4n) is 0. The third-order valence-electron chi connectivity index (χ3n) is 0. The quantitative estimate of drug-likeness (QED) is 0.355. The van der Waals surface area contributed by atoms with Crippen LogP contribution in [0.15, 0.2) is 0 Å². The molecule has 0 atom stereocenters. The fourth-order valence-corrected chi connectivity index (χ4v) is 0. The second-order valence-electron chi connectivity index (χ2n) is 0.513. The summed E-state index contributed by atoms with van der Waals surface area (Å²) >= 11 is 0.300. The first kappa shape index (κ1) is 16.3. The van der Waals surface area contributed by atoms with E-state index in [2.05, 4.69) is 0 Å². The summed E-state index contributed by atoms with van der Waals surface area (Å²) in [6.07, 6.45) is 0. The van der Waals surface area contributed by atoms with Gasteiger partial charge in [0.15, 0.2) is 0 Å². The average Bonchev–Trinajstić information content (AvgIpc) is 1.36. The Hall–Kier alpha value is 1.58. The van der Waals surface area contributed by atoms with Gasteiger partial charge in [-0.2, -0.15) is 0 Å². The predicted octanol–water partition coefficient (Wildman–Crippen LogP) is -1.81. The first-order valence-corrected chi connectivity index (χ1v) is 3.72. The van der Waals surface area contributed by atoms with Crippen molar-refractivity contribution in [2.45, 2.75) is 0 Å². The van der Waals surface area contributed by atoms with Crippen LogP contribution in [0.1, 0.15) is 0 Å². The van der Waals surface area contributed by atoms with Gasteiger partial charge in [-0.1, -0.05) is 0 Å². The summed E-state index contributed by atoms with van der Waals surface area (Å²) < 4.78 is 17.2. The van der Waals surface area contributed by atoms with E-state index in [0.717, 1.165) is 0 Å². The third kappa shape index (κ3) is 132. The Balaban J connectivity index is -0.0000000750. The number of phosphoric acid groups is 1. The van der Waals surface area contributed by atoms with Crippen LogP contribution in [0.3, 0.4) is 0 Å². The maximum absolute atomic E-state index is 8.88. The van der Waals surface area contributed by atoms with Crippen molar-refractivity contribution in [1.82, 2.24) is 0 Å². The van der Waals surface area contributed by atoms with E-state index in [0.29, 0.717) is 22.5 Å². The molecule has 0 aromatic heterocycles. The van der Waals surface area contributed by atoms with Crippen molar-refractivity contribution in [2.24, 2.45) is 0 Å². The monoisotopic (exact) mass is 349 g/mol. The molecule has 3 N–H and O–H groups in total. The van der Waals surface area contributed by atoms with Gasteiger partial charge in [0.05, 0.1) is 0 Å². The summed E-state index contributed by atoms with van der Waals surface area (Å²) in [6.45, 7) is 0. The summed E-state index contributed by atoms with van der Waals surface area (Å²) in [5.74, 6) is 0. The Morgan fingerprint density at radius 3 is 1.12 bits per heavy atom. The van der Waals surface area contributed by atoms with Crippen molar-refractivity contribution in [3.05, 3.63) is 0 Å². The molecule has 0 saturated carbocycles. The van der Waals surface area contributed by atoms with E-state index in [1.54, 1.807) is 0 Å². The van der Waals surface area contributed by atoms with E-state index in [9.17, 15) is 0 Å². The number of hydrogen-bond acceptors (Lipinski definition) is 2. The zero-order chi connectivity index (χ0) is 6.50. The Kier molecular flexibility index (Phi) is 17.5. The summed E-state index contributed by atoms with van der Waals surface area (Å²) in [7, 11) is -4.64. The molecule has 0 heterocycles. The zero-order valence-corrected chi connectivity index (χ0v) is 10.7. The molecule has 0 aliphatic rings. The van der Waals surface area contributed by atoms with Crippen LogP contribution in [0.5, 0.6) is 0 Å². The van der Waals surface area contributed by atoms with Gasteiger partial charge in [-0.25, -0.2) is 4.57 Å². The van der Waals surface area contributed by atoms with Crippen LogP contribution in [0.4, 0.5) is 0 Å². The fraction of sp³-hybridized carbons (Fsp3) is 0. The molecule has 8 heavy (non-hydrogen) atoms. The van der Waals surface area contributed by atoms with Crippen LogP contribution in [-0.2, 0) is 7.64 Å². The molecule has 0 unspecified atom stereocenters. The second-order valence-corrected chi connectivity index (χ2v) is 1.54. The van der Waals surface area contributed by atoms with Crippen molar-refractivity contribution in [3.8, 4) is 0 Å². The molecule has 0 saturated heterocycles. The van der Waals surface area contributed by atoms with E-state index in [1.807, 2.05) is 0 Å². The van der Waals surface area contributed by atoms with Gasteiger partial charge in [0.25, 0.3) is 0 Å². The molecule has 5 nitrogen and oxygen atoms in total. The van der Waals surface area contributed by atoms with E-state index in [4.69, 9.17) is 22.3 Å². The average molecular weight is 348 g/mol. The molecule has 5 radical (unpaired) electrons. The number of hydrogen-bond donors (Lipinski definition) is 3. The zero-order valence-electron chi connectivity index (χ0n) is 3.68. The van der Waals surface area contributed by atoms with Crippen LogP contribution in [0.2, 0.25) is 0 Å². The Morgan fingerprint density at radius 2 is 1.12 bits per heavy atom. The standard InChI is InChI=1S/In.H3O4P.O.Sn/c;1-5(2,3)4;;/h;(H3,1,2,3,4);;. The van der Waals surface area contributed by atoms with Gasteiger partial charge in [-0.15, -0.1) is 0 Å². The molecular formula is H3InO5PSn. The van der Waals surface area contributed by atoms with Crippen molar-refractivity contribution in [3.63, 3.8) is 0 Å². The van der Waals surface area contributed by atoms with E-state index < -0.39 is 7.82 Å². The minimum atomic E-state index is -4.64. The third-order valence-corrected chi connectivity index (χ3v) is 0. The van der Waals surface area contributed by atoms with Crippen LogP contribution in [0.25, 0.3) is 0 Å². The topological polar surface area (TPSA) is 94.8 Å². The Bertz CT molecular complexity index is 68.2. The van der Waals surface area contributed by atoms with Gasteiger partial charge >= 0.3 is 33.4 Å². The van der Waals surface area contributed by atoms with E-state index >= 15 is 0 Å². The van der Waals surface area contributed by atoms with Gasteiger partial charge < -0.3 is 14.7 Å². The van der Waals surface area contributed by atoms with Crippen LogP contribution in [-0.4, -0.2) is 63.0 Å². The SMILES string of the molecule is O=P(O)(O)O.[In].[O]=[Sn]. The van der Waals surface area contributed by atoms with Crippen molar-refractivity contribution < 1.29 is 22.3 Å². The summed E-state index contributed by atoms with van der Waals surface area (Å²) in [4.78, 5) is 21.6. The van der Waals surface area contributed by atoms with Crippen molar-refractivity contribution in [2.75, 3.05) is 0 Å². The van der Waals surface area contributed by atoms with Gasteiger partial charge in [-0.05, 0) is 0 Å². The first-order chi connectivity index (χ1) is 3.00. The number of rotatable bonds is 0. The maximum atomic E-state index is 8.88. The van der Waals surface area contributed by atoms with Gasteiger partial charge in [0.2, 0.25) is 0 Å². The predicted molar refractivity (Wildman–Crippen MR) is 26.5 cm³/mol. The Morgan fingerprint density at radius 1 is 1.12 bits per heavy atom. The van der Waals surface area contributed by atoms with E-state index in [-0.39, 0.29) is 25.8 Å². The van der Waals surface area contributed by atoms with Crippen LogP contribution < -0.4 is 0 Å². The molecule has 0 amide bonds. The van der Waals surface area contributed by atoms with Crippen LogP contribution in [0, 0.1) is 0 Å². The van der Waals surface area contributed by atoms with Crippen molar-refractivity contribution in [1.29, 1.82) is 0 Å². The molecule has 0 bridgehead atoms. The summed E-state index contributed by atoms with van der Waals surface area (Å²) in [5.41, 5.74) is 0. The molecule has 0 rings (SSSR count). The molecule has 8 heteroatoms. The van der Waals surface area contributed by atoms with Gasteiger partial charge in [0, 0.05) is 25.8 Å². The molecule has 0 aliphatic carbocycles. The summed E-state index contributed by atoms with van der Waals surface area (Å²) in [6, 6.07) is 0. The van der Waals surface area contributed by atoms with Crippen LogP contribution >= 0.6 is 7.82 Å². The second kappa shape index (κ2) is 8.58. The van der Waals surface area contributed by atoms with Crippen molar-refractivity contribution >= 4 is 56.2 Å². The molecule has 45 valence electrons. The Labute approximate surface area is 78.0 Å².